The van der Waals surface area contributed by atoms with E-state index in [1.807, 2.05) is 10.6 Å². The molecule has 4 nitrogen and oxygen atoms in total. The number of ketones is 1. The van der Waals surface area contributed by atoms with E-state index in [0.29, 0.717) is 5.69 Å². The zero-order valence-electron chi connectivity index (χ0n) is 9.89. The summed E-state index contributed by atoms with van der Waals surface area (Å²) in [4.78, 5) is 18.0. The molecule has 1 aliphatic heterocycles. The largest absolute Gasteiger partial charge is 0.371 e. The highest BCUT2D eigenvalue weighted by Crippen LogP contribution is 2.23. The van der Waals surface area contributed by atoms with E-state index in [2.05, 4.69) is 22.0 Å². The maximum atomic E-state index is 11.5. The Kier molecular flexibility index (Phi) is 2.35. The number of aromatic nitrogens is 2. The van der Waals surface area contributed by atoms with E-state index in [1.54, 1.807) is 13.3 Å². The normalized spacial score (nSPS) is 15.7. The molecule has 88 valence electrons. The average Bonchev–Trinajstić information content (AvgIpc) is 2.97. The monoisotopic (exact) mass is 229 g/mol. The molecule has 0 aromatic carbocycles. The Balaban J connectivity index is 2.09. The second-order valence-corrected chi connectivity index (χ2v) is 4.52. The van der Waals surface area contributed by atoms with Gasteiger partial charge in [-0.1, -0.05) is 0 Å². The minimum atomic E-state index is 0.0195. The third-order valence-electron chi connectivity index (χ3n) is 3.33. The number of imidazole rings is 1. The van der Waals surface area contributed by atoms with E-state index in [0.717, 1.165) is 18.6 Å². The zero-order valence-corrected chi connectivity index (χ0v) is 9.89. The number of Topliss-reactive ketones (excluding diaryl/α,β-unsaturated/α-hetero) is 1. The Bertz CT molecular complexity index is 567. The number of pyridine rings is 1. The molecule has 4 heteroatoms. The van der Waals surface area contributed by atoms with Crippen molar-refractivity contribution in [3.05, 3.63) is 30.4 Å². The van der Waals surface area contributed by atoms with Crippen molar-refractivity contribution in [3.63, 3.8) is 0 Å². The summed E-state index contributed by atoms with van der Waals surface area (Å²) >= 11 is 0. The first kappa shape index (κ1) is 10.3. The number of fused-ring (bicyclic) bond motifs is 1. The molecule has 17 heavy (non-hydrogen) atoms. The summed E-state index contributed by atoms with van der Waals surface area (Å²) in [5, 5.41) is 0. The quantitative estimate of drug-likeness (QED) is 0.740. The molecule has 3 rings (SSSR count). The van der Waals surface area contributed by atoms with Gasteiger partial charge in [-0.15, -0.1) is 0 Å². The molecule has 0 amide bonds. The van der Waals surface area contributed by atoms with Crippen LogP contribution in [-0.4, -0.2) is 28.3 Å². The predicted octanol–water partition coefficient (Wildman–Crippen LogP) is 2.14. The number of anilines is 1. The molecular formula is C13H15N3O. The molecule has 0 N–H and O–H groups in total. The van der Waals surface area contributed by atoms with Gasteiger partial charge >= 0.3 is 0 Å². The number of nitrogens with zero attached hydrogens (tertiary/aromatic N) is 3. The smallest absolute Gasteiger partial charge is 0.180 e. The lowest BCUT2D eigenvalue weighted by atomic mass is 10.2. The van der Waals surface area contributed by atoms with Crippen LogP contribution >= 0.6 is 0 Å². The Morgan fingerprint density at radius 2 is 2.12 bits per heavy atom. The molecule has 2 aromatic heterocycles. The average molecular weight is 229 g/mol. The molecule has 0 radical (unpaired) electrons. The van der Waals surface area contributed by atoms with E-state index in [9.17, 15) is 4.79 Å². The van der Waals surface area contributed by atoms with Crippen LogP contribution in [0.15, 0.2) is 24.7 Å². The maximum Gasteiger partial charge on any atom is 0.180 e. The van der Waals surface area contributed by atoms with Crippen molar-refractivity contribution in [2.45, 2.75) is 19.8 Å². The molecule has 0 saturated carbocycles. The first-order chi connectivity index (χ1) is 8.25. The van der Waals surface area contributed by atoms with Crippen LogP contribution in [0, 0.1) is 0 Å². The van der Waals surface area contributed by atoms with Gasteiger partial charge in [0.1, 0.15) is 12.0 Å². The van der Waals surface area contributed by atoms with Crippen molar-refractivity contribution in [2.24, 2.45) is 0 Å². The fourth-order valence-corrected chi connectivity index (χ4v) is 2.42. The van der Waals surface area contributed by atoms with Gasteiger partial charge in [0.15, 0.2) is 5.78 Å². The molecule has 0 unspecified atom stereocenters. The third kappa shape index (κ3) is 1.69. The zero-order chi connectivity index (χ0) is 11.8. The van der Waals surface area contributed by atoms with Crippen LogP contribution < -0.4 is 4.90 Å². The van der Waals surface area contributed by atoms with Crippen LogP contribution in [0.4, 0.5) is 5.69 Å². The van der Waals surface area contributed by atoms with Gasteiger partial charge in [-0.3, -0.25) is 4.79 Å². The van der Waals surface area contributed by atoms with Gasteiger partial charge in [-0.2, -0.15) is 0 Å². The Hall–Kier alpha value is -1.84. The van der Waals surface area contributed by atoms with Crippen molar-refractivity contribution in [3.8, 4) is 0 Å². The van der Waals surface area contributed by atoms with Crippen molar-refractivity contribution in [1.82, 2.24) is 9.38 Å². The molecular weight excluding hydrogens is 214 g/mol. The van der Waals surface area contributed by atoms with Gasteiger partial charge in [0.05, 0.1) is 5.52 Å². The van der Waals surface area contributed by atoms with Crippen LogP contribution in [-0.2, 0) is 0 Å². The summed E-state index contributed by atoms with van der Waals surface area (Å²) in [5.41, 5.74) is 2.66. The number of rotatable bonds is 2. The lowest BCUT2D eigenvalue weighted by molar-refractivity contribution is 0.101. The third-order valence-corrected chi connectivity index (χ3v) is 3.33. The minimum absolute atomic E-state index is 0.0195. The number of carbonyl (C=O) groups excluding carboxylic acids is 1. The molecule has 2 aromatic rings. The molecule has 1 fully saturated rings. The Labute approximate surface area is 99.9 Å². The van der Waals surface area contributed by atoms with Crippen LogP contribution in [0.2, 0.25) is 0 Å². The summed E-state index contributed by atoms with van der Waals surface area (Å²) in [6, 6.07) is 4.15. The number of hydrogen-bond acceptors (Lipinski definition) is 3. The van der Waals surface area contributed by atoms with Gasteiger partial charge in [-0.25, -0.2) is 4.98 Å². The van der Waals surface area contributed by atoms with Crippen LogP contribution in [0.3, 0.4) is 0 Å². The minimum Gasteiger partial charge on any atom is -0.371 e. The lowest BCUT2D eigenvalue weighted by Crippen LogP contribution is -2.17. The topological polar surface area (TPSA) is 37.6 Å². The first-order valence-corrected chi connectivity index (χ1v) is 5.98. The lowest BCUT2D eigenvalue weighted by Gasteiger charge is -2.17. The van der Waals surface area contributed by atoms with E-state index >= 15 is 0 Å². The van der Waals surface area contributed by atoms with E-state index < -0.39 is 0 Å². The second kappa shape index (κ2) is 3.87. The molecule has 0 bridgehead atoms. The summed E-state index contributed by atoms with van der Waals surface area (Å²) in [5.74, 6) is 0.0195. The Morgan fingerprint density at radius 1 is 1.35 bits per heavy atom. The molecule has 1 saturated heterocycles. The van der Waals surface area contributed by atoms with Gasteiger partial charge < -0.3 is 9.30 Å². The maximum absolute atomic E-state index is 11.5. The highest BCUT2D eigenvalue weighted by atomic mass is 16.1. The van der Waals surface area contributed by atoms with Crippen molar-refractivity contribution in [2.75, 3.05) is 18.0 Å². The van der Waals surface area contributed by atoms with E-state index in [4.69, 9.17) is 0 Å². The number of carbonyl (C=O) groups is 1. The molecule has 1 aliphatic rings. The highest BCUT2D eigenvalue weighted by molar-refractivity contribution is 5.99. The van der Waals surface area contributed by atoms with Gasteiger partial charge in [0.25, 0.3) is 0 Å². The fraction of sp³-hybridized carbons (Fsp3) is 0.385. The standard InChI is InChI=1S/C13H15N3O/c1-10(17)13-12-8-11(15-5-2-3-6-15)4-7-16(12)9-14-13/h4,7-9H,2-3,5-6H2,1H3. The predicted molar refractivity (Wildman–Crippen MR) is 66.6 cm³/mol. The van der Waals surface area contributed by atoms with Crippen LogP contribution in [0.1, 0.15) is 30.3 Å². The summed E-state index contributed by atoms with van der Waals surface area (Å²) < 4.78 is 1.90. The summed E-state index contributed by atoms with van der Waals surface area (Å²) in [7, 11) is 0. The Morgan fingerprint density at radius 3 is 2.82 bits per heavy atom. The molecule has 0 spiro atoms. The van der Waals surface area contributed by atoms with Crippen LogP contribution in [0.25, 0.3) is 5.52 Å². The first-order valence-electron chi connectivity index (χ1n) is 5.98. The van der Waals surface area contributed by atoms with Crippen LogP contribution in [0.5, 0.6) is 0 Å². The highest BCUT2D eigenvalue weighted by Gasteiger charge is 2.15. The van der Waals surface area contributed by atoms with Crippen molar-refractivity contribution >= 4 is 17.0 Å². The fourth-order valence-electron chi connectivity index (χ4n) is 2.42. The van der Waals surface area contributed by atoms with E-state index in [-0.39, 0.29) is 5.78 Å². The van der Waals surface area contributed by atoms with Crippen molar-refractivity contribution in [1.29, 1.82) is 0 Å². The summed E-state index contributed by atoms with van der Waals surface area (Å²) in [6.45, 7) is 3.78. The van der Waals surface area contributed by atoms with Gasteiger partial charge in [0, 0.05) is 31.9 Å². The second-order valence-electron chi connectivity index (χ2n) is 4.52. The SMILES string of the molecule is CC(=O)c1ncn2ccc(N3CCCC3)cc12. The van der Waals surface area contributed by atoms with E-state index in [1.165, 1.54) is 18.5 Å². The van der Waals surface area contributed by atoms with Crippen molar-refractivity contribution < 1.29 is 4.79 Å². The molecule has 3 heterocycles. The molecule has 0 atom stereocenters. The molecule has 0 aliphatic carbocycles. The van der Waals surface area contributed by atoms with Gasteiger partial charge in [0.2, 0.25) is 0 Å². The number of hydrogen-bond donors (Lipinski definition) is 0. The summed E-state index contributed by atoms with van der Waals surface area (Å²) in [6.07, 6.45) is 6.18. The van der Waals surface area contributed by atoms with Gasteiger partial charge in [-0.05, 0) is 25.0 Å².